The zero-order valence-corrected chi connectivity index (χ0v) is 10.9. The van der Waals surface area contributed by atoms with Gasteiger partial charge in [-0.1, -0.05) is 29.8 Å². The molecule has 3 unspecified atom stereocenters. The molecule has 1 fully saturated rings. The van der Waals surface area contributed by atoms with Crippen molar-refractivity contribution >= 4 is 15.9 Å². The normalized spacial score (nSPS) is 22.1. The molecule has 0 radical (unpaired) electrons. The molecule has 15 heavy (non-hydrogen) atoms. The average molecular weight is 268 g/mol. The van der Waals surface area contributed by atoms with Gasteiger partial charge in [-0.15, -0.1) is 0 Å². The van der Waals surface area contributed by atoms with Gasteiger partial charge in [0.1, 0.15) is 0 Å². The summed E-state index contributed by atoms with van der Waals surface area (Å²) in [5.41, 5.74) is 1.39. The maximum atomic E-state index is 4.06. The summed E-state index contributed by atoms with van der Waals surface area (Å²) in [7, 11) is 0. The summed E-state index contributed by atoms with van der Waals surface area (Å²) in [4.78, 5) is 4.65. The highest BCUT2D eigenvalue weighted by Gasteiger charge is 2.34. The fraction of sp³-hybridized carbons (Fsp3) is 0.615. The lowest BCUT2D eigenvalue weighted by atomic mass is 9.89. The molecule has 1 aromatic rings. The van der Waals surface area contributed by atoms with Crippen molar-refractivity contribution in [2.45, 2.75) is 37.4 Å². The molecule has 3 atom stereocenters. The third-order valence-electron chi connectivity index (χ3n) is 3.58. The molecule has 1 heterocycles. The van der Waals surface area contributed by atoms with Gasteiger partial charge >= 0.3 is 0 Å². The number of rotatable bonds is 4. The van der Waals surface area contributed by atoms with Crippen molar-refractivity contribution in [1.29, 1.82) is 0 Å². The van der Waals surface area contributed by atoms with Gasteiger partial charge in [0.05, 0.1) is 0 Å². The van der Waals surface area contributed by atoms with Gasteiger partial charge in [0, 0.05) is 17.2 Å². The molecule has 1 nitrogen and oxygen atoms in total. The molecule has 1 aromatic heterocycles. The second kappa shape index (κ2) is 4.65. The maximum Gasteiger partial charge on any atom is 0.0270 e. The molecule has 1 aliphatic carbocycles. The van der Waals surface area contributed by atoms with E-state index in [1.165, 1.54) is 18.4 Å². The van der Waals surface area contributed by atoms with Crippen LogP contribution in [0.5, 0.6) is 0 Å². The van der Waals surface area contributed by atoms with Crippen LogP contribution < -0.4 is 0 Å². The second-order valence-corrected chi connectivity index (χ2v) is 5.77. The number of pyridine rings is 1. The van der Waals surface area contributed by atoms with E-state index in [9.17, 15) is 0 Å². The van der Waals surface area contributed by atoms with E-state index in [1.54, 1.807) is 0 Å². The van der Waals surface area contributed by atoms with Gasteiger partial charge in [0.25, 0.3) is 0 Å². The predicted molar refractivity (Wildman–Crippen MR) is 67.3 cm³/mol. The highest BCUT2D eigenvalue weighted by Crippen LogP contribution is 2.43. The Kier molecular flexibility index (Phi) is 3.45. The lowest BCUT2D eigenvalue weighted by molar-refractivity contribution is 0.454. The number of alkyl halides is 1. The van der Waals surface area contributed by atoms with Gasteiger partial charge < -0.3 is 0 Å². The van der Waals surface area contributed by atoms with Crippen LogP contribution in [-0.4, -0.2) is 9.81 Å². The first-order valence-corrected chi connectivity index (χ1v) is 6.65. The predicted octanol–water partition coefficient (Wildman–Crippen LogP) is 3.99. The summed E-state index contributed by atoms with van der Waals surface area (Å²) in [6.07, 6.45) is 6.61. The Hall–Kier alpha value is -0.370. The number of aromatic nitrogens is 1. The van der Waals surface area contributed by atoms with Gasteiger partial charge in [-0.3, -0.25) is 4.98 Å². The molecule has 0 N–H and O–H groups in total. The SMILES string of the molecule is CC(c1ccncc1)C(Br)C(C)C1CC1. The Morgan fingerprint density at radius 2 is 1.87 bits per heavy atom. The van der Waals surface area contributed by atoms with Crippen LogP contribution in [-0.2, 0) is 0 Å². The van der Waals surface area contributed by atoms with Gasteiger partial charge in [0.2, 0.25) is 0 Å². The highest BCUT2D eigenvalue weighted by atomic mass is 79.9. The van der Waals surface area contributed by atoms with Crippen molar-refractivity contribution in [2.75, 3.05) is 0 Å². The molecule has 1 aliphatic rings. The summed E-state index contributed by atoms with van der Waals surface area (Å²) in [5.74, 6) is 2.32. The Bertz CT molecular complexity index is 308. The van der Waals surface area contributed by atoms with E-state index in [1.807, 2.05) is 12.4 Å². The van der Waals surface area contributed by atoms with E-state index in [0.29, 0.717) is 10.7 Å². The van der Waals surface area contributed by atoms with E-state index < -0.39 is 0 Å². The molecular weight excluding hydrogens is 250 g/mol. The summed E-state index contributed by atoms with van der Waals surface area (Å²) in [5, 5.41) is 0. The Morgan fingerprint density at radius 1 is 1.27 bits per heavy atom. The molecule has 0 spiro atoms. The first kappa shape index (κ1) is 11.1. The molecule has 82 valence electrons. The van der Waals surface area contributed by atoms with Gasteiger partial charge in [0.15, 0.2) is 0 Å². The van der Waals surface area contributed by atoms with Crippen molar-refractivity contribution in [1.82, 2.24) is 4.98 Å². The minimum atomic E-state index is 0.573. The largest absolute Gasteiger partial charge is 0.265 e. The van der Waals surface area contributed by atoms with Crippen molar-refractivity contribution < 1.29 is 0 Å². The van der Waals surface area contributed by atoms with Gasteiger partial charge in [-0.2, -0.15) is 0 Å². The summed E-state index contributed by atoms with van der Waals surface area (Å²) < 4.78 is 0. The fourth-order valence-electron chi connectivity index (χ4n) is 2.19. The van der Waals surface area contributed by atoms with Crippen LogP contribution in [0.4, 0.5) is 0 Å². The van der Waals surface area contributed by atoms with E-state index in [-0.39, 0.29) is 0 Å². The standard InChI is InChI=1S/C13H18BrN/c1-9(11-3-4-11)13(14)10(2)12-5-7-15-8-6-12/h5-11,13H,3-4H2,1-2H3. The number of halogens is 1. The molecule has 2 rings (SSSR count). The summed E-state index contributed by atoms with van der Waals surface area (Å²) in [6.45, 7) is 4.67. The van der Waals surface area contributed by atoms with E-state index in [0.717, 1.165) is 11.8 Å². The van der Waals surface area contributed by atoms with Crippen LogP contribution in [0.15, 0.2) is 24.5 Å². The number of hydrogen-bond acceptors (Lipinski definition) is 1. The highest BCUT2D eigenvalue weighted by molar-refractivity contribution is 9.09. The molecule has 0 amide bonds. The van der Waals surface area contributed by atoms with E-state index in [4.69, 9.17) is 0 Å². The molecule has 0 aromatic carbocycles. The maximum absolute atomic E-state index is 4.06. The minimum absolute atomic E-state index is 0.573. The van der Waals surface area contributed by atoms with Crippen LogP contribution >= 0.6 is 15.9 Å². The summed E-state index contributed by atoms with van der Waals surface area (Å²) >= 11 is 3.87. The average Bonchev–Trinajstić information content (AvgIpc) is 3.11. The van der Waals surface area contributed by atoms with Crippen molar-refractivity contribution in [3.05, 3.63) is 30.1 Å². The molecule has 0 aliphatic heterocycles. The molecular formula is C13H18BrN. The van der Waals surface area contributed by atoms with Crippen molar-refractivity contribution in [3.63, 3.8) is 0 Å². The first-order valence-electron chi connectivity index (χ1n) is 5.74. The molecule has 2 heteroatoms. The number of hydrogen-bond donors (Lipinski definition) is 0. The minimum Gasteiger partial charge on any atom is -0.265 e. The molecule has 0 bridgehead atoms. The van der Waals surface area contributed by atoms with Crippen LogP contribution in [0.1, 0.15) is 38.2 Å². The van der Waals surface area contributed by atoms with Gasteiger partial charge in [-0.05, 0) is 48.3 Å². The zero-order valence-electron chi connectivity index (χ0n) is 9.36. The summed E-state index contributed by atoms with van der Waals surface area (Å²) in [6, 6.07) is 4.25. The van der Waals surface area contributed by atoms with Crippen molar-refractivity contribution in [3.8, 4) is 0 Å². The lowest BCUT2D eigenvalue weighted by Gasteiger charge is -2.24. The first-order chi connectivity index (χ1) is 7.20. The number of nitrogens with zero attached hydrogens (tertiary/aromatic N) is 1. The van der Waals surface area contributed by atoms with Crippen molar-refractivity contribution in [2.24, 2.45) is 11.8 Å². The van der Waals surface area contributed by atoms with Crippen LogP contribution in [0.2, 0.25) is 0 Å². The zero-order chi connectivity index (χ0) is 10.8. The third-order valence-corrected chi connectivity index (χ3v) is 5.20. The quantitative estimate of drug-likeness (QED) is 0.752. The fourth-order valence-corrected chi connectivity index (χ4v) is 2.93. The Balaban J connectivity index is 2.03. The van der Waals surface area contributed by atoms with Crippen LogP contribution in [0.3, 0.4) is 0 Å². The van der Waals surface area contributed by atoms with E-state index >= 15 is 0 Å². The third kappa shape index (κ3) is 2.60. The lowest BCUT2D eigenvalue weighted by Crippen LogP contribution is -2.19. The second-order valence-electron chi connectivity index (χ2n) is 4.71. The van der Waals surface area contributed by atoms with Gasteiger partial charge in [-0.25, -0.2) is 0 Å². The molecule has 0 saturated heterocycles. The Labute approximate surface area is 100 Å². The Morgan fingerprint density at radius 3 is 2.40 bits per heavy atom. The monoisotopic (exact) mass is 267 g/mol. The van der Waals surface area contributed by atoms with E-state index in [2.05, 4.69) is 46.9 Å². The topological polar surface area (TPSA) is 12.9 Å². The van der Waals surface area contributed by atoms with Crippen LogP contribution in [0.25, 0.3) is 0 Å². The molecule has 1 saturated carbocycles. The smallest absolute Gasteiger partial charge is 0.0270 e. The van der Waals surface area contributed by atoms with Crippen LogP contribution in [0, 0.1) is 11.8 Å².